The van der Waals surface area contributed by atoms with Crippen molar-refractivity contribution in [2.45, 2.75) is 18.3 Å². The third-order valence-electron chi connectivity index (χ3n) is 4.62. The number of benzene rings is 1. The Balaban J connectivity index is 2.17. The van der Waals surface area contributed by atoms with Crippen LogP contribution in [-0.2, 0) is 23.9 Å². The molecule has 5 heteroatoms. The third-order valence-corrected chi connectivity index (χ3v) is 4.62. The topological polar surface area (TPSA) is 69.7 Å². The molecule has 3 aliphatic carbocycles. The summed E-state index contributed by atoms with van der Waals surface area (Å²) in [6.07, 6.45) is 0.273. The van der Waals surface area contributed by atoms with E-state index in [0.29, 0.717) is 0 Å². The van der Waals surface area contributed by atoms with Gasteiger partial charge in [-0.3, -0.25) is 14.4 Å². The summed E-state index contributed by atoms with van der Waals surface area (Å²) < 4.78 is 9.69. The number of fused-ring (bicyclic) bond motifs is 2. The average Bonchev–Trinajstić information content (AvgIpc) is 2.52. The lowest BCUT2D eigenvalue weighted by atomic mass is 9.55. The molecule has 0 amide bonds. The molecule has 0 aliphatic heterocycles. The zero-order valence-electron chi connectivity index (χ0n) is 11.9. The Morgan fingerprint density at radius 2 is 1.57 bits per heavy atom. The van der Waals surface area contributed by atoms with Crippen LogP contribution in [0.2, 0.25) is 0 Å². The fraction of sp³-hybridized carbons (Fsp3) is 0.438. The molecule has 0 spiro atoms. The quantitative estimate of drug-likeness (QED) is 0.770. The van der Waals surface area contributed by atoms with Crippen molar-refractivity contribution in [2.24, 2.45) is 11.8 Å². The van der Waals surface area contributed by atoms with Crippen molar-refractivity contribution in [3.05, 3.63) is 35.4 Å². The molecule has 1 aromatic rings. The number of ketones is 1. The van der Waals surface area contributed by atoms with Crippen molar-refractivity contribution in [2.75, 3.05) is 14.2 Å². The molecule has 0 saturated heterocycles. The van der Waals surface area contributed by atoms with Gasteiger partial charge < -0.3 is 9.47 Å². The van der Waals surface area contributed by atoms with Gasteiger partial charge in [-0.2, -0.15) is 0 Å². The van der Waals surface area contributed by atoms with E-state index in [2.05, 4.69) is 0 Å². The second-order valence-electron chi connectivity index (χ2n) is 5.48. The van der Waals surface area contributed by atoms with Crippen LogP contribution in [0.3, 0.4) is 0 Å². The SMILES string of the molecule is COC(=O)[C@@H]1[C@H](C(=O)OC)[C@H]2CC(=O)[C@H]1c1ccccc12. The number of hydrogen-bond acceptors (Lipinski definition) is 5. The molecule has 4 atom stereocenters. The highest BCUT2D eigenvalue weighted by molar-refractivity contribution is 5.99. The highest BCUT2D eigenvalue weighted by atomic mass is 16.5. The lowest BCUT2D eigenvalue weighted by Gasteiger charge is -2.45. The first-order chi connectivity index (χ1) is 10.1. The van der Waals surface area contributed by atoms with Gasteiger partial charge in [0.25, 0.3) is 0 Å². The first kappa shape index (κ1) is 13.8. The smallest absolute Gasteiger partial charge is 0.310 e. The molecule has 21 heavy (non-hydrogen) atoms. The number of hydrogen-bond donors (Lipinski definition) is 0. The molecule has 0 radical (unpaired) electrons. The predicted octanol–water partition coefficient (Wildman–Crippen LogP) is 1.42. The Hall–Kier alpha value is -2.17. The van der Waals surface area contributed by atoms with Crippen LogP contribution in [-0.4, -0.2) is 31.9 Å². The number of methoxy groups -OCH3 is 2. The van der Waals surface area contributed by atoms with Crippen molar-refractivity contribution in [3.63, 3.8) is 0 Å². The summed E-state index contributed by atoms with van der Waals surface area (Å²) in [4.78, 5) is 36.7. The van der Waals surface area contributed by atoms with Crippen LogP contribution >= 0.6 is 0 Å². The van der Waals surface area contributed by atoms with Crippen molar-refractivity contribution < 1.29 is 23.9 Å². The molecule has 1 fully saturated rings. The van der Waals surface area contributed by atoms with Gasteiger partial charge in [0.1, 0.15) is 5.78 Å². The Morgan fingerprint density at radius 3 is 2.19 bits per heavy atom. The van der Waals surface area contributed by atoms with Gasteiger partial charge in [-0.1, -0.05) is 24.3 Å². The second-order valence-corrected chi connectivity index (χ2v) is 5.48. The summed E-state index contributed by atoms with van der Waals surface area (Å²) in [6.45, 7) is 0. The van der Waals surface area contributed by atoms with Crippen LogP contribution in [0.5, 0.6) is 0 Å². The highest BCUT2D eigenvalue weighted by Crippen LogP contribution is 2.54. The third kappa shape index (κ3) is 1.87. The van der Waals surface area contributed by atoms with E-state index in [9.17, 15) is 14.4 Å². The van der Waals surface area contributed by atoms with E-state index in [0.717, 1.165) is 11.1 Å². The number of carbonyl (C=O) groups excluding carboxylic acids is 3. The lowest BCUT2D eigenvalue weighted by molar-refractivity contribution is -0.164. The van der Waals surface area contributed by atoms with Gasteiger partial charge in [-0.15, -0.1) is 0 Å². The largest absolute Gasteiger partial charge is 0.469 e. The van der Waals surface area contributed by atoms with Crippen LogP contribution < -0.4 is 0 Å². The standard InChI is InChI=1S/C16H16O5/c1-20-15(18)13-10-7-11(17)12(14(13)16(19)21-2)9-6-4-3-5-8(9)10/h3-6,10,12-14H,7H2,1-2H3/t10-,12+,13+,14-/m0/s1. The van der Waals surface area contributed by atoms with E-state index in [1.807, 2.05) is 24.3 Å². The zero-order valence-corrected chi connectivity index (χ0v) is 11.9. The Bertz CT molecular complexity index is 621. The highest BCUT2D eigenvalue weighted by Gasteiger charge is 2.57. The molecule has 1 aromatic carbocycles. The minimum absolute atomic E-state index is 0.00532. The van der Waals surface area contributed by atoms with Crippen LogP contribution in [0.25, 0.3) is 0 Å². The first-order valence-corrected chi connectivity index (χ1v) is 6.87. The molecule has 0 unspecified atom stereocenters. The second kappa shape index (κ2) is 4.98. The molecule has 5 nitrogen and oxygen atoms in total. The summed E-state index contributed by atoms with van der Waals surface area (Å²) in [5.74, 6) is -3.35. The maximum absolute atomic E-state index is 12.3. The Labute approximate surface area is 122 Å². The van der Waals surface area contributed by atoms with Gasteiger partial charge in [0.2, 0.25) is 0 Å². The summed E-state index contributed by atoms with van der Waals surface area (Å²) in [5, 5.41) is 0. The molecular formula is C16H16O5. The maximum atomic E-state index is 12.3. The van der Waals surface area contributed by atoms with E-state index >= 15 is 0 Å². The van der Waals surface area contributed by atoms with E-state index < -0.39 is 29.7 Å². The van der Waals surface area contributed by atoms with E-state index in [-0.39, 0.29) is 18.1 Å². The zero-order chi connectivity index (χ0) is 15.1. The molecule has 110 valence electrons. The summed E-state index contributed by atoms with van der Waals surface area (Å²) in [6, 6.07) is 7.50. The van der Waals surface area contributed by atoms with Gasteiger partial charge in [-0.25, -0.2) is 0 Å². The van der Waals surface area contributed by atoms with Gasteiger partial charge in [0.05, 0.1) is 32.0 Å². The monoisotopic (exact) mass is 288 g/mol. The van der Waals surface area contributed by atoms with Crippen molar-refractivity contribution in [1.29, 1.82) is 0 Å². The summed E-state index contributed by atoms with van der Waals surface area (Å²) in [7, 11) is 2.57. The van der Waals surface area contributed by atoms with Gasteiger partial charge in [0, 0.05) is 12.3 Å². The molecule has 1 saturated carbocycles. The lowest BCUT2D eigenvalue weighted by Crippen LogP contribution is -2.50. The molecule has 0 N–H and O–H groups in total. The predicted molar refractivity (Wildman–Crippen MR) is 72.6 cm³/mol. The molecular weight excluding hydrogens is 272 g/mol. The van der Waals surface area contributed by atoms with Gasteiger partial charge in [0.15, 0.2) is 0 Å². The van der Waals surface area contributed by atoms with E-state index in [1.54, 1.807) is 0 Å². The summed E-state index contributed by atoms with van der Waals surface area (Å²) >= 11 is 0. The van der Waals surface area contributed by atoms with Crippen LogP contribution in [0, 0.1) is 11.8 Å². The van der Waals surface area contributed by atoms with E-state index in [4.69, 9.17) is 9.47 Å². The molecule has 3 aliphatic rings. The van der Waals surface area contributed by atoms with Crippen LogP contribution in [0.15, 0.2) is 24.3 Å². The molecule has 0 aromatic heterocycles. The maximum Gasteiger partial charge on any atom is 0.310 e. The van der Waals surface area contributed by atoms with Gasteiger partial charge in [-0.05, 0) is 11.1 Å². The Kier molecular flexibility index (Phi) is 3.27. The number of rotatable bonds is 2. The van der Waals surface area contributed by atoms with Crippen molar-refractivity contribution >= 4 is 17.7 Å². The first-order valence-electron chi connectivity index (χ1n) is 6.87. The normalized spacial score (nSPS) is 29.7. The average molecular weight is 288 g/mol. The van der Waals surface area contributed by atoms with Crippen LogP contribution in [0.1, 0.15) is 29.4 Å². The number of esters is 2. The van der Waals surface area contributed by atoms with E-state index in [1.165, 1.54) is 14.2 Å². The summed E-state index contributed by atoms with van der Waals surface area (Å²) in [5.41, 5.74) is 1.81. The van der Waals surface area contributed by atoms with Crippen molar-refractivity contribution in [1.82, 2.24) is 0 Å². The number of ether oxygens (including phenoxy) is 2. The van der Waals surface area contributed by atoms with Gasteiger partial charge >= 0.3 is 11.9 Å². The Morgan fingerprint density at radius 1 is 1.00 bits per heavy atom. The number of Topliss-reactive ketones (excluding diaryl/α,β-unsaturated/α-hetero) is 1. The number of carbonyl (C=O) groups is 3. The molecule has 2 bridgehead atoms. The minimum Gasteiger partial charge on any atom is -0.469 e. The van der Waals surface area contributed by atoms with Crippen molar-refractivity contribution in [3.8, 4) is 0 Å². The minimum atomic E-state index is -0.788. The van der Waals surface area contributed by atoms with Crippen LogP contribution in [0.4, 0.5) is 0 Å². The fourth-order valence-electron chi connectivity index (χ4n) is 3.80. The molecule has 0 heterocycles. The molecule has 4 rings (SSSR count). The fourth-order valence-corrected chi connectivity index (χ4v) is 3.80.